The van der Waals surface area contributed by atoms with E-state index in [0.717, 1.165) is 23.2 Å². The summed E-state index contributed by atoms with van der Waals surface area (Å²) < 4.78 is 27.3. The van der Waals surface area contributed by atoms with Crippen LogP contribution in [-0.4, -0.2) is 8.42 Å². The van der Waals surface area contributed by atoms with Gasteiger partial charge in [0, 0.05) is 24.7 Å². The molecule has 3 rings (SSSR count). The SMILES string of the molecule is O=S(=O)(NCc1cccc(Cl)c1)c1ccc2c(c1)CNC2. The van der Waals surface area contributed by atoms with Gasteiger partial charge < -0.3 is 5.32 Å². The van der Waals surface area contributed by atoms with Gasteiger partial charge in [-0.05, 0) is 41.0 Å². The topological polar surface area (TPSA) is 58.2 Å². The van der Waals surface area contributed by atoms with Crippen molar-refractivity contribution in [3.05, 3.63) is 64.2 Å². The smallest absolute Gasteiger partial charge is 0.240 e. The van der Waals surface area contributed by atoms with Crippen molar-refractivity contribution in [1.82, 2.24) is 10.0 Å². The number of nitrogens with one attached hydrogen (secondary N) is 2. The third kappa shape index (κ3) is 3.27. The zero-order valence-electron chi connectivity index (χ0n) is 11.3. The van der Waals surface area contributed by atoms with Crippen molar-refractivity contribution < 1.29 is 8.42 Å². The van der Waals surface area contributed by atoms with E-state index in [1.165, 1.54) is 0 Å². The number of rotatable bonds is 4. The summed E-state index contributed by atoms with van der Waals surface area (Å²) in [7, 11) is -3.51. The summed E-state index contributed by atoms with van der Waals surface area (Å²) in [6.07, 6.45) is 0. The fourth-order valence-electron chi connectivity index (χ4n) is 2.35. The first-order valence-electron chi connectivity index (χ1n) is 6.61. The molecule has 0 spiro atoms. The Bertz CT molecular complexity index is 775. The summed E-state index contributed by atoms with van der Waals surface area (Å²) in [6.45, 7) is 1.73. The lowest BCUT2D eigenvalue weighted by molar-refractivity contribution is 0.581. The highest BCUT2D eigenvalue weighted by Crippen LogP contribution is 2.20. The number of sulfonamides is 1. The van der Waals surface area contributed by atoms with Crippen molar-refractivity contribution in [2.45, 2.75) is 24.5 Å². The molecule has 0 aliphatic carbocycles. The summed E-state index contributed by atoms with van der Waals surface area (Å²) >= 11 is 5.89. The van der Waals surface area contributed by atoms with E-state index in [1.807, 2.05) is 12.1 Å². The van der Waals surface area contributed by atoms with Crippen molar-refractivity contribution in [2.75, 3.05) is 0 Å². The number of hydrogen-bond acceptors (Lipinski definition) is 3. The molecule has 0 saturated carbocycles. The molecule has 2 N–H and O–H groups in total. The van der Waals surface area contributed by atoms with Crippen LogP contribution in [0.25, 0.3) is 0 Å². The molecule has 0 aromatic heterocycles. The Hall–Kier alpha value is -1.40. The van der Waals surface area contributed by atoms with Gasteiger partial charge in [0.25, 0.3) is 0 Å². The van der Waals surface area contributed by atoms with E-state index < -0.39 is 10.0 Å². The highest BCUT2D eigenvalue weighted by atomic mass is 35.5. The Balaban J connectivity index is 1.78. The minimum atomic E-state index is -3.51. The maximum Gasteiger partial charge on any atom is 0.240 e. The molecule has 1 aliphatic heterocycles. The van der Waals surface area contributed by atoms with Crippen LogP contribution in [-0.2, 0) is 29.7 Å². The molecular weight excluding hydrogens is 308 g/mol. The first-order chi connectivity index (χ1) is 10.0. The van der Waals surface area contributed by atoms with Gasteiger partial charge in [-0.3, -0.25) is 0 Å². The summed E-state index contributed by atoms with van der Waals surface area (Å²) in [5, 5.41) is 3.79. The lowest BCUT2D eigenvalue weighted by atomic mass is 10.1. The number of halogens is 1. The van der Waals surface area contributed by atoms with Crippen LogP contribution in [0.2, 0.25) is 5.02 Å². The van der Waals surface area contributed by atoms with Gasteiger partial charge in [0.1, 0.15) is 0 Å². The Labute approximate surface area is 129 Å². The van der Waals surface area contributed by atoms with Crippen molar-refractivity contribution in [3.8, 4) is 0 Å². The zero-order valence-corrected chi connectivity index (χ0v) is 12.8. The minimum Gasteiger partial charge on any atom is -0.309 e. The number of hydrogen-bond donors (Lipinski definition) is 2. The Morgan fingerprint density at radius 1 is 1.10 bits per heavy atom. The monoisotopic (exact) mass is 322 g/mol. The van der Waals surface area contributed by atoms with Gasteiger partial charge in [0.05, 0.1) is 4.90 Å². The fourth-order valence-corrected chi connectivity index (χ4v) is 3.63. The van der Waals surface area contributed by atoms with Gasteiger partial charge in [-0.25, -0.2) is 13.1 Å². The molecule has 110 valence electrons. The summed E-state index contributed by atoms with van der Waals surface area (Å²) in [5.74, 6) is 0. The molecule has 1 aliphatic rings. The van der Waals surface area contributed by atoms with E-state index in [-0.39, 0.29) is 6.54 Å². The first kappa shape index (κ1) is 14.5. The molecule has 4 nitrogen and oxygen atoms in total. The molecule has 0 amide bonds. The third-order valence-electron chi connectivity index (χ3n) is 3.47. The molecule has 0 fully saturated rings. The quantitative estimate of drug-likeness (QED) is 0.909. The van der Waals surface area contributed by atoms with E-state index in [2.05, 4.69) is 10.0 Å². The van der Waals surface area contributed by atoms with Gasteiger partial charge >= 0.3 is 0 Å². The van der Waals surface area contributed by atoms with Crippen LogP contribution in [0.5, 0.6) is 0 Å². The summed E-state index contributed by atoms with van der Waals surface area (Å²) in [4.78, 5) is 0.298. The van der Waals surface area contributed by atoms with Gasteiger partial charge in [-0.1, -0.05) is 29.8 Å². The standard InChI is InChI=1S/C15H15ClN2O2S/c16-14-3-1-2-11(6-14)8-18-21(19,20)15-5-4-12-9-17-10-13(12)7-15/h1-7,17-18H,8-10H2. The molecule has 2 aromatic rings. The van der Waals surface area contributed by atoms with Crippen LogP contribution in [0, 0.1) is 0 Å². The molecular formula is C15H15ClN2O2S. The molecule has 2 aromatic carbocycles. The molecule has 0 bridgehead atoms. The van der Waals surface area contributed by atoms with Gasteiger partial charge in [0.15, 0.2) is 0 Å². The minimum absolute atomic E-state index is 0.220. The van der Waals surface area contributed by atoms with Crippen molar-refractivity contribution in [2.24, 2.45) is 0 Å². The largest absolute Gasteiger partial charge is 0.309 e. The highest BCUT2D eigenvalue weighted by Gasteiger charge is 2.17. The number of fused-ring (bicyclic) bond motifs is 1. The van der Waals surface area contributed by atoms with E-state index >= 15 is 0 Å². The van der Waals surface area contributed by atoms with Gasteiger partial charge in [0.2, 0.25) is 10.0 Å². The van der Waals surface area contributed by atoms with Gasteiger partial charge in [-0.15, -0.1) is 0 Å². The van der Waals surface area contributed by atoms with Crippen LogP contribution in [0.15, 0.2) is 47.4 Å². The lowest BCUT2D eigenvalue weighted by Crippen LogP contribution is -2.23. The normalized spacial score (nSPS) is 14.1. The van der Waals surface area contributed by atoms with E-state index in [1.54, 1.807) is 30.3 Å². The van der Waals surface area contributed by atoms with Crippen LogP contribution in [0.4, 0.5) is 0 Å². The second-order valence-corrected chi connectivity index (χ2v) is 7.19. The number of benzene rings is 2. The molecule has 0 unspecified atom stereocenters. The Morgan fingerprint density at radius 2 is 1.90 bits per heavy atom. The Morgan fingerprint density at radius 3 is 2.71 bits per heavy atom. The summed E-state index contributed by atoms with van der Waals surface area (Å²) in [5.41, 5.74) is 3.03. The van der Waals surface area contributed by atoms with E-state index in [9.17, 15) is 8.42 Å². The first-order valence-corrected chi connectivity index (χ1v) is 8.47. The maximum absolute atomic E-state index is 12.3. The lowest BCUT2D eigenvalue weighted by Gasteiger charge is -2.08. The van der Waals surface area contributed by atoms with Crippen LogP contribution >= 0.6 is 11.6 Å². The Kier molecular flexibility index (Phi) is 3.99. The van der Waals surface area contributed by atoms with Crippen molar-refractivity contribution >= 4 is 21.6 Å². The van der Waals surface area contributed by atoms with E-state index in [4.69, 9.17) is 11.6 Å². The predicted octanol–water partition coefficient (Wildman–Crippen LogP) is 2.42. The highest BCUT2D eigenvalue weighted by molar-refractivity contribution is 7.89. The molecule has 1 heterocycles. The van der Waals surface area contributed by atoms with Gasteiger partial charge in [-0.2, -0.15) is 0 Å². The van der Waals surface area contributed by atoms with Crippen LogP contribution in [0.1, 0.15) is 16.7 Å². The molecule has 21 heavy (non-hydrogen) atoms. The third-order valence-corrected chi connectivity index (χ3v) is 5.11. The molecule has 0 atom stereocenters. The zero-order chi connectivity index (χ0) is 14.9. The fraction of sp³-hybridized carbons (Fsp3) is 0.200. The average molecular weight is 323 g/mol. The summed E-state index contributed by atoms with van der Waals surface area (Å²) in [6, 6.07) is 12.4. The van der Waals surface area contributed by atoms with Crippen molar-refractivity contribution in [1.29, 1.82) is 0 Å². The maximum atomic E-state index is 12.3. The molecule has 6 heteroatoms. The van der Waals surface area contributed by atoms with Crippen LogP contribution in [0.3, 0.4) is 0 Å². The predicted molar refractivity (Wildman–Crippen MR) is 82.5 cm³/mol. The average Bonchev–Trinajstić information content (AvgIpc) is 2.93. The molecule has 0 saturated heterocycles. The van der Waals surface area contributed by atoms with E-state index in [0.29, 0.717) is 16.5 Å². The second-order valence-electron chi connectivity index (χ2n) is 4.99. The van der Waals surface area contributed by atoms with Crippen LogP contribution < -0.4 is 10.0 Å². The second kappa shape index (κ2) is 5.77. The van der Waals surface area contributed by atoms with Crippen molar-refractivity contribution in [3.63, 3.8) is 0 Å². The molecule has 0 radical (unpaired) electrons.